The predicted molar refractivity (Wildman–Crippen MR) is 78.0 cm³/mol. The SMILES string of the molecule is COC(=NCC[NH+]1CCCC1)NC(=O)c1cccc(F)c1. The van der Waals surface area contributed by atoms with E-state index in [2.05, 4.69) is 10.3 Å². The molecule has 1 aliphatic rings. The minimum Gasteiger partial charge on any atom is -0.468 e. The first kappa shape index (κ1) is 15.4. The Hall–Kier alpha value is -1.95. The van der Waals surface area contributed by atoms with Gasteiger partial charge < -0.3 is 9.64 Å². The Bertz CT molecular complexity index is 513. The Morgan fingerprint density at radius 3 is 2.86 bits per heavy atom. The summed E-state index contributed by atoms with van der Waals surface area (Å²) < 4.78 is 18.1. The molecule has 1 aliphatic heterocycles. The van der Waals surface area contributed by atoms with Gasteiger partial charge >= 0.3 is 0 Å². The van der Waals surface area contributed by atoms with Gasteiger partial charge in [-0.05, 0) is 18.2 Å². The number of nitrogens with one attached hydrogen (secondary N) is 2. The van der Waals surface area contributed by atoms with Crippen molar-refractivity contribution in [1.82, 2.24) is 5.32 Å². The van der Waals surface area contributed by atoms with E-state index in [0.29, 0.717) is 6.54 Å². The van der Waals surface area contributed by atoms with Crippen LogP contribution in [0.5, 0.6) is 0 Å². The molecule has 0 saturated carbocycles. The highest BCUT2D eigenvalue weighted by atomic mass is 19.1. The molecule has 0 radical (unpaired) electrons. The average Bonchev–Trinajstić information content (AvgIpc) is 2.99. The van der Waals surface area contributed by atoms with E-state index in [0.717, 1.165) is 6.54 Å². The number of benzene rings is 1. The summed E-state index contributed by atoms with van der Waals surface area (Å²) in [5.74, 6) is -0.875. The van der Waals surface area contributed by atoms with Crippen molar-refractivity contribution in [1.29, 1.82) is 0 Å². The molecule has 1 amide bonds. The largest absolute Gasteiger partial charge is 0.468 e. The molecule has 1 heterocycles. The van der Waals surface area contributed by atoms with Crippen LogP contribution in [0.1, 0.15) is 23.2 Å². The predicted octanol–water partition coefficient (Wildman–Crippen LogP) is 0.237. The molecule has 1 fully saturated rings. The molecule has 1 aromatic carbocycles. The lowest BCUT2D eigenvalue weighted by molar-refractivity contribution is -0.885. The lowest BCUT2D eigenvalue weighted by atomic mass is 10.2. The molecule has 5 nitrogen and oxygen atoms in total. The van der Waals surface area contributed by atoms with Gasteiger partial charge in [0.1, 0.15) is 5.82 Å². The van der Waals surface area contributed by atoms with Crippen LogP contribution in [-0.2, 0) is 4.74 Å². The zero-order valence-electron chi connectivity index (χ0n) is 12.2. The molecule has 1 saturated heterocycles. The van der Waals surface area contributed by atoms with Crippen LogP contribution in [0.3, 0.4) is 0 Å². The van der Waals surface area contributed by atoms with Crippen LogP contribution < -0.4 is 10.2 Å². The lowest BCUT2D eigenvalue weighted by Crippen LogP contribution is -3.10. The van der Waals surface area contributed by atoms with Crippen LogP contribution >= 0.6 is 0 Å². The topological polar surface area (TPSA) is 55.1 Å². The molecule has 2 rings (SSSR count). The Balaban J connectivity index is 1.87. The number of carbonyl (C=O) groups excluding carboxylic acids is 1. The molecule has 114 valence electrons. The number of carbonyl (C=O) groups is 1. The van der Waals surface area contributed by atoms with Crippen molar-refractivity contribution in [3.05, 3.63) is 35.6 Å². The molecule has 0 unspecified atom stereocenters. The van der Waals surface area contributed by atoms with Crippen molar-refractivity contribution in [3.63, 3.8) is 0 Å². The molecule has 0 spiro atoms. The van der Waals surface area contributed by atoms with Crippen LogP contribution in [0.25, 0.3) is 0 Å². The molecule has 1 aromatic rings. The highest BCUT2D eigenvalue weighted by Gasteiger charge is 2.15. The third kappa shape index (κ3) is 4.82. The Morgan fingerprint density at radius 2 is 2.19 bits per heavy atom. The third-order valence-corrected chi connectivity index (χ3v) is 3.53. The average molecular weight is 294 g/mol. The van der Waals surface area contributed by atoms with E-state index in [1.165, 1.54) is 56.1 Å². The number of rotatable bonds is 4. The van der Waals surface area contributed by atoms with Gasteiger partial charge in [-0.2, -0.15) is 0 Å². The van der Waals surface area contributed by atoms with Gasteiger partial charge in [0.25, 0.3) is 11.9 Å². The van der Waals surface area contributed by atoms with Gasteiger partial charge in [0.2, 0.25) is 0 Å². The summed E-state index contributed by atoms with van der Waals surface area (Å²) in [5.41, 5.74) is 0.241. The molecule has 2 N–H and O–H groups in total. The van der Waals surface area contributed by atoms with E-state index in [4.69, 9.17) is 4.74 Å². The second-order valence-electron chi connectivity index (χ2n) is 5.06. The fourth-order valence-corrected chi connectivity index (χ4v) is 2.39. The fourth-order valence-electron chi connectivity index (χ4n) is 2.39. The first-order chi connectivity index (χ1) is 10.2. The maximum absolute atomic E-state index is 13.1. The summed E-state index contributed by atoms with van der Waals surface area (Å²) in [5, 5.41) is 2.55. The highest BCUT2D eigenvalue weighted by Crippen LogP contribution is 2.03. The minimum absolute atomic E-state index is 0.169. The van der Waals surface area contributed by atoms with E-state index in [1.54, 1.807) is 6.07 Å². The number of aliphatic imine (C=N–C) groups is 1. The number of hydrogen-bond donors (Lipinski definition) is 2. The Labute approximate surface area is 123 Å². The zero-order valence-corrected chi connectivity index (χ0v) is 12.2. The maximum atomic E-state index is 13.1. The number of amides is 1. The number of likely N-dealkylation sites (tertiary alicyclic amines) is 1. The smallest absolute Gasteiger partial charge is 0.291 e. The standard InChI is InChI=1S/C15H20FN3O2/c1-21-15(17-7-10-19-8-2-3-9-19)18-14(20)12-5-4-6-13(16)11-12/h4-6,11H,2-3,7-10H2,1H3,(H,17,18,20)/p+1. The van der Waals surface area contributed by atoms with Gasteiger partial charge in [-0.3, -0.25) is 10.1 Å². The van der Waals surface area contributed by atoms with Crippen molar-refractivity contribution in [2.45, 2.75) is 12.8 Å². The monoisotopic (exact) mass is 294 g/mol. The fraction of sp³-hybridized carbons (Fsp3) is 0.467. The van der Waals surface area contributed by atoms with Gasteiger partial charge in [-0.25, -0.2) is 9.38 Å². The molecule has 21 heavy (non-hydrogen) atoms. The lowest BCUT2D eigenvalue weighted by Gasteiger charge is -2.11. The second kappa shape index (κ2) is 7.73. The summed E-state index contributed by atoms with van der Waals surface area (Å²) in [6.07, 6.45) is 2.54. The number of methoxy groups -OCH3 is 1. The number of ether oxygens (including phenoxy) is 1. The molecular weight excluding hydrogens is 273 g/mol. The first-order valence-corrected chi connectivity index (χ1v) is 7.18. The molecule has 6 heteroatoms. The van der Waals surface area contributed by atoms with Crippen LogP contribution in [0.15, 0.2) is 29.3 Å². The van der Waals surface area contributed by atoms with Gasteiger partial charge in [-0.1, -0.05) is 6.07 Å². The van der Waals surface area contributed by atoms with Crippen molar-refractivity contribution in [2.75, 3.05) is 33.3 Å². The summed E-state index contributed by atoms with van der Waals surface area (Å²) in [4.78, 5) is 17.7. The molecule has 0 aliphatic carbocycles. The van der Waals surface area contributed by atoms with Crippen molar-refractivity contribution in [2.24, 2.45) is 4.99 Å². The summed E-state index contributed by atoms with van der Waals surface area (Å²) >= 11 is 0. The number of halogens is 1. The van der Waals surface area contributed by atoms with E-state index in [1.807, 2.05) is 0 Å². The van der Waals surface area contributed by atoms with Crippen LogP contribution in [-0.4, -0.2) is 45.2 Å². The van der Waals surface area contributed by atoms with Crippen molar-refractivity contribution in [3.8, 4) is 0 Å². The van der Waals surface area contributed by atoms with Crippen molar-refractivity contribution >= 4 is 11.9 Å². The van der Waals surface area contributed by atoms with Crippen LogP contribution in [0.4, 0.5) is 4.39 Å². The van der Waals surface area contributed by atoms with E-state index < -0.39 is 11.7 Å². The number of quaternary nitrogens is 1. The molecular formula is C15H21FN3O2+. The normalized spacial score (nSPS) is 16.0. The summed E-state index contributed by atoms with van der Waals surface area (Å²) in [6, 6.07) is 5.67. The number of nitrogens with zero attached hydrogens (tertiary/aromatic N) is 1. The third-order valence-electron chi connectivity index (χ3n) is 3.53. The Kier molecular flexibility index (Phi) is 5.68. The van der Waals surface area contributed by atoms with Crippen molar-refractivity contribution < 1.29 is 18.8 Å². The van der Waals surface area contributed by atoms with E-state index in [9.17, 15) is 9.18 Å². The van der Waals surface area contributed by atoms with Gasteiger partial charge in [-0.15, -0.1) is 0 Å². The summed E-state index contributed by atoms with van der Waals surface area (Å²) in [7, 11) is 1.45. The highest BCUT2D eigenvalue weighted by molar-refractivity contribution is 6.04. The van der Waals surface area contributed by atoms with Crippen LogP contribution in [0.2, 0.25) is 0 Å². The molecule has 0 aromatic heterocycles. The first-order valence-electron chi connectivity index (χ1n) is 7.18. The van der Waals surface area contributed by atoms with Gasteiger partial charge in [0, 0.05) is 18.4 Å². The number of amidine groups is 1. The second-order valence-corrected chi connectivity index (χ2v) is 5.06. The molecule has 0 bridgehead atoms. The minimum atomic E-state index is -0.448. The summed E-state index contributed by atoms with van der Waals surface area (Å²) in [6.45, 7) is 3.91. The van der Waals surface area contributed by atoms with Crippen LogP contribution in [0, 0.1) is 5.82 Å². The quantitative estimate of drug-likeness (QED) is 0.617. The number of hydrogen-bond acceptors (Lipinski definition) is 3. The maximum Gasteiger partial charge on any atom is 0.291 e. The van der Waals surface area contributed by atoms with Gasteiger partial charge in [0.15, 0.2) is 0 Å². The van der Waals surface area contributed by atoms with E-state index in [-0.39, 0.29) is 11.6 Å². The van der Waals surface area contributed by atoms with E-state index >= 15 is 0 Å². The van der Waals surface area contributed by atoms with Gasteiger partial charge in [0.05, 0.1) is 33.3 Å². The Morgan fingerprint density at radius 1 is 1.43 bits per heavy atom. The molecule has 0 atom stereocenters. The zero-order chi connectivity index (χ0) is 15.1.